The van der Waals surface area contributed by atoms with Gasteiger partial charge in [-0.3, -0.25) is 9.59 Å². The highest BCUT2D eigenvalue weighted by atomic mass is 16.5. The van der Waals surface area contributed by atoms with Gasteiger partial charge in [0.15, 0.2) is 11.6 Å². The summed E-state index contributed by atoms with van der Waals surface area (Å²) in [5.74, 6) is 0.261. The van der Waals surface area contributed by atoms with Crippen molar-refractivity contribution >= 4 is 34.5 Å². The lowest BCUT2D eigenvalue weighted by Gasteiger charge is -2.08. The average molecular weight is 372 g/mol. The van der Waals surface area contributed by atoms with Gasteiger partial charge in [0.25, 0.3) is 0 Å². The molecule has 4 nitrogen and oxygen atoms in total. The van der Waals surface area contributed by atoms with Crippen LogP contribution < -0.4 is 4.74 Å². The Balaban J connectivity index is 1.71. The van der Waals surface area contributed by atoms with Crippen LogP contribution in [0.4, 0.5) is 0 Å². The molecule has 140 valence electrons. The predicted molar refractivity (Wildman–Crippen MR) is 111 cm³/mol. The standard InChI is InChI=1S/C24H20O4/c1-28-24-15-9-18-4-2-3-5-22(18)23(24)14-13-21(27)16-20(26)12-8-17-6-10-19(25)11-7-17/h2-15,25H,16H2,1H3/b12-8+,14-13+. The quantitative estimate of drug-likeness (QED) is 0.478. The van der Waals surface area contributed by atoms with Gasteiger partial charge in [0.1, 0.15) is 11.5 Å². The number of ether oxygens (including phenoxy) is 1. The van der Waals surface area contributed by atoms with Crippen LogP contribution in [0.15, 0.2) is 72.8 Å². The maximum absolute atomic E-state index is 12.2. The molecule has 0 aliphatic rings. The van der Waals surface area contributed by atoms with Gasteiger partial charge < -0.3 is 9.84 Å². The summed E-state index contributed by atoms with van der Waals surface area (Å²) in [7, 11) is 1.58. The molecule has 0 spiro atoms. The molecular weight excluding hydrogens is 352 g/mol. The van der Waals surface area contributed by atoms with Crippen LogP contribution in [0.5, 0.6) is 11.5 Å². The molecule has 4 heteroatoms. The van der Waals surface area contributed by atoms with Crippen molar-refractivity contribution in [1.82, 2.24) is 0 Å². The number of phenolic OH excluding ortho intramolecular Hbond substituents is 1. The van der Waals surface area contributed by atoms with Crippen molar-refractivity contribution in [3.8, 4) is 11.5 Å². The minimum absolute atomic E-state index is 0.160. The van der Waals surface area contributed by atoms with Gasteiger partial charge in [-0.2, -0.15) is 0 Å². The third-order valence-corrected chi connectivity index (χ3v) is 4.29. The molecule has 0 unspecified atom stereocenters. The lowest BCUT2D eigenvalue weighted by atomic mass is 10.0. The maximum Gasteiger partial charge on any atom is 0.163 e. The monoisotopic (exact) mass is 372 g/mol. The Morgan fingerprint density at radius 1 is 0.893 bits per heavy atom. The van der Waals surface area contributed by atoms with E-state index in [0.29, 0.717) is 5.75 Å². The summed E-state index contributed by atoms with van der Waals surface area (Å²) in [6.45, 7) is 0. The third kappa shape index (κ3) is 4.74. The molecule has 3 aromatic rings. The molecule has 0 aliphatic heterocycles. The lowest BCUT2D eigenvalue weighted by Crippen LogP contribution is -2.02. The second-order valence-corrected chi connectivity index (χ2v) is 6.27. The number of carbonyl (C=O) groups is 2. The average Bonchev–Trinajstić information content (AvgIpc) is 2.71. The number of fused-ring (bicyclic) bond motifs is 1. The van der Waals surface area contributed by atoms with Crippen LogP contribution in [0.25, 0.3) is 22.9 Å². The van der Waals surface area contributed by atoms with Crippen LogP contribution in [0.2, 0.25) is 0 Å². The zero-order chi connectivity index (χ0) is 19.9. The fourth-order valence-corrected chi connectivity index (χ4v) is 2.87. The molecule has 28 heavy (non-hydrogen) atoms. The zero-order valence-electron chi connectivity index (χ0n) is 15.5. The van der Waals surface area contributed by atoms with E-state index in [1.54, 1.807) is 31.4 Å². The molecule has 0 saturated carbocycles. The topological polar surface area (TPSA) is 63.6 Å². The van der Waals surface area contributed by atoms with E-state index < -0.39 is 0 Å². The number of phenols is 1. The smallest absolute Gasteiger partial charge is 0.163 e. The van der Waals surface area contributed by atoms with Gasteiger partial charge in [0.2, 0.25) is 0 Å². The van der Waals surface area contributed by atoms with Crippen molar-refractivity contribution < 1.29 is 19.4 Å². The van der Waals surface area contributed by atoms with E-state index in [1.807, 2.05) is 36.4 Å². The number of hydrogen-bond donors (Lipinski definition) is 1. The van der Waals surface area contributed by atoms with E-state index in [0.717, 1.165) is 21.9 Å². The van der Waals surface area contributed by atoms with E-state index in [9.17, 15) is 14.7 Å². The number of methoxy groups -OCH3 is 1. The fraction of sp³-hybridized carbons (Fsp3) is 0.0833. The van der Waals surface area contributed by atoms with E-state index in [4.69, 9.17) is 4.74 Å². The molecule has 0 amide bonds. The predicted octanol–water partition coefficient (Wildman–Crippen LogP) is 4.81. The van der Waals surface area contributed by atoms with Gasteiger partial charge in [-0.15, -0.1) is 0 Å². The van der Waals surface area contributed by atoms with Crippen LogP contribution in [-0.2, 0) is 9.59 Å². The molecule has 0 fully saturated rings. The Morgan fingerprint density at radius 2 is 1.57 bits per heavy atom. The third-order valence-electron chi connectivity index (χ3n) is 4.29. The van der Waals surface area contributed by atoms with Crippen LogP contribution in [0, 0.1) is 0 Å². The van der Waals surface area contributed by atoms with Crippen molar-refractivity contribution in [2.24, 2.45) is 0 Å². The minimum atomic E-state index is -0.285. The minimum Gasteiger partial charge on any atom is -0.508 e. The molecule has 0 bridgehead atoms. The number of hydrogen-bond acceptors (Lipinski definition) is 4. The first-order valence-electron chi connectivity index (χ1n) is 8.83. The number of aromatic hydroxyl groups is 1. The summed E-state index contributed by atoms with van der Waals surface area (Å²) < 4.78 is 5.40. The normalized spacial score (nSPS) is 11.3. The Bertz CT molecular complexity index is 1060. The van der Waals surface area contributed by atoms with Crippen molar-refractivity contribution in [2.75, 3.05) is 7.11 Å². The lowest BCUT2D eigenvalue weighted by molar-refractivity contribution is -0.121. The first-order valence-corrected chi connectivity index (χ1v) is 8.83. The maximum atomic E-state index is 12.2. The van der Waals surface area contributed by atoms with Crippen LogP contribution in [0.1, 0.15) is 17.5 Å². The van der Waals surface area contributed by atoms with Gasteiger partial charge in [0, 0.05) is 5.56 Å². The van der Waals surface area contributed by atoms with Crippen molar-refractivity contribution in [3.63, 3.8) is 0 Å². The van der Waals surface area contributed by atoms with Crippen molar-refractivity contribution in [2.45, 2.75) is 6.42 Å². The highest BCUT2D eigenvalue weighted by molar-refractivity contribution is 6.11. The molecule has 0 aliphatic carbocycles. The molecule has 3 rings (SSSR count). The zero-order valence-corrected chi connectivity index (χ0v) is 15.5. The van der Waals surface area contributed by atoms with E-state index in [2.05, 4.69) is 0 Å². The van der Waals surface area contributed by atoms with Gasteiger partial charge in [-0.05, 0) is 52.8 Å². The molecule has 0 heterocycles. The Kier molecular flexibility index (Phi) is 6.02. The number of carbonyl (C=O) groups excluding carboxylic acids is 2. The Labute approximate surface area is 163 Å². The molecule has 0 saturated heterocycles. The first-order chi connectivity index (χ1) is 13.6. The highest BCUT2D eigenvalue weighted by Crippen LogP contribution is 2.29. The van der Waals surface area contributed by atoms with Crippen LogP contribution in [-0.4, -0.2) is 23.8 Å². The van der Waals surface area contributed by atoms with Crippen molar-refractivity contribution in [3.05, 3.63) is 83.9 Å². The Hall–Kier alpha value is -3.66. The largest absolute Gasteiger partial charge is 0.508 e. The second-order valence-electron chi connectivity index (χ2n) is 6.27. The SMILES string of the molecule is COc1ccc2ccccc2c1/C=C/C(=O)CC(=O)/C=C/c1ccc(O)cc1. The molecule has 3 aromatic carbocycles. The van der Waals surface area contributed by atoms with Gasteiger partial charge in [-0.1, -0.05) is 48.5 Å². The summed E-state index contributed by atoms with van der Waals surface area (Å²) in [6, 6.07) is 18.1. The summed E-state index contributed by atoms with van der Waals surface area (Å²) in [6.07, 6.45) is 5.89. The summed E-state index contributed by atoms with van der Waals surface area (Å²) in [5.41, 5.74) is 1.58. The number of allylic oxidation sites excluding steroid dienone is 2. The molecule has 0 aromatic heterocycles. The highest BCUT2D eigenvalue weighted by Gasteiger charge is 2.08. The summed E-state index contributed by atoms with van der Waals surface area (Å²) in [5, 5.41) is 11.3. The fourth-order valence-electron chi connectivity index (χ4n) is 2.87. The molecule has 0 radical (unpaired) electrons. The van der Waals surface area contributed by atoms with E-state index >= 15 is 0 Å². The molecular formula is C24H20O4. The van der Waals surface area contributed by atoms with E-state index in [-0.39, 0.29) is 23.7 Å². The summed E-state index contributed by atoms with van der Waals surface area (Å²) >= 11 is 0. The van der Waals surface area contributed by atoms with E-state index in [1.165, 1.54) is 24.3 Å². The van der Waals surface area contributed by atoms with Crippen LogP contribution in [0.3, 0.4) is 0 Å². The summed E-state index contributed by atoms with van der Waals surface area (Å²) in [4.78, 5) is 24.2. The first kappa shape index (κ1) is 19.1. The Morgan fingerprint density at radius 3 is 2.29 bits per heavy atom. The van der Waals surface area contributed by atoms with Gasteiger partial charge in [-0.25, -0.2) is 0 Å². The van der Waals surface area contributed by atoms with Crippen LogP contribution >= 0.6 is 0 Å². The number of ketones is 2. The molecule has 1 N–H and O–H groups in total. The number of benzene rings is 3. The van der Waals surface area contributed by atoms with Gasteiger partial charge >= 0.3 is 0 Å². The molecule has 0 atom stereocenters. The second kappa shape index (κ2) is 8.82. The van der Waals surface area contributed by atoms with Crippen molar-refractivity contribution in [1.29, 1.82) is 0 Å². The number of rotatable bonds is 7. The van der Waals surface area contributed by atoms with Gasteiger partial charge in [0.05, 0.1) is 13.5 Å².